The average molecular weight is 434 g/mol. The van der Waals surface area contributed by atoms with Crippen LogP contribution in [0.1, 0.15) is 12.5 Å². The van der Waals surface area contributed by atoms with Crippen molar-refractivity contribution in [2.24, 2.45) is 10.2 Å². The van der Waals surface area contributed by atoms with Crippen molar-refractivity contribution >= 4 is 50.3 Å². The van der Waals surface area contributed by atoms with Crippen LogP contribution in [-0.4, -0.2) is 38.8 Å². The number of hydrogen-bond acceptors (Lipinski definition) is 6. The summed E-state index contributed by atoms with van der Waals surface area (Å²) < 4.78 is 28.0. The number of hydrazone groups is 1. The number of fused-ring (bicyclic) bond motifs is 1. The molecule has 0 saturated heterocycles. The van der Waals surface area contributed by atoms with Crippen LogP contribution in [0.25, 0.3) is 0 Å². The SMILES string of the molecule is CCN1C(=O)C(=NNC(=S)Nc2ccc(S(N)(=O)=O)cc2)c2cccc(OC)c21. The topological polar surface area (TPSA) is 126 Å². The summed E-state index contributed by atoms with van der Waals surface area (Å²) in [5.41, 5.74) is 4.71. The number of sulfonamides is 1. The van der Waals surface area contributed by atoms with Crippen molar-refractivity contribution in [1.29, 1.82) is 0 Å². The van der Waals surface area contributed by atoms with Crippen molar-refractivity contribution in [3.63, 3.8) is 0 Å². The van der Waals surface area contributed by atoms with Gasteiger partial charge >= 0.3 is 0 Å². The minimum absolute atomic E-state index is 0.0102. The number of amides is 1. The standard InChI is InChI=1S/C18H19N5O4S2/c1-3-23-16-13(5-4-6-14(16)27-2)15(17(23)24)21-22-18(28)20-11-7-9-12(10-8-11)29(19,25)26/h4-10H,3H2,1-2H3,(H2,19,25,26)(H2,20,22,28). The second kappa shape index (κ2) is 8.15. The van der Waals surface area contributed by atoms with Gasteiger partial charge in [0.05, 0.1) is 17.7 Å². The number of benzene rings is 2. The fourth-order valence-corrected chi connectivity index (χ4v) is 3.58. The molecule has 0 aromatic heterocycles. The first-order valence-electron chi connectivity index (χ1n) is 8.53. The van der Waals surface area contributed by atoms with Crippen molar-refractivity contribution in [3.05, 3.63) is 48.0 Å². The number of nitrogens with one attached hydrogen (secondary N) is 2. The Labute approximate surface area is 173 Å². The number of nitrogens with two attached hydrogens (primary N) is 1. The quantitative estimate of drug-likeness (QED) is 0.481. The molecule has 0 aliphatic carbocycles. The van der Waals surface area contributed by atoms with Gasteiger partial charge in [-0.2, -0.15) is 5.10 Å². The molecule has 152 valence electrons. The predicted molar refractivity (Wildman–Crippen MR) is 115 cm³/mol. The van der Waals surface area contributed by atoms with Gasteiger partial charge in [-0.25, -0.2) is 13.6 Å². The van der Waals surface area contributed by atoms with E-state index in [2.05, 4.69) is 15.8 Å². The maximum atomic E-state index is 12.7. The number of hydrogen-bond donors (Lipinski definition) is 3. The number of methoxy groups -OCH3 is 1. The molecule has 2 aromatic carbocycles. The molecule has 0 spiro atoms. The van der Waals surface area contributed by atoms with Gasteiger partial charge in [-0.1, -0.05) is 12.1 Å². The Morgan fingerprint density at radius 2 is 1.93 bits per heavy atom. The van der Waals surface area contributed by atoms with Gasteiger partial charge in [-0.15, -0.1) is 0 Å². The number of ether oxygens (including phenoxy) is 1. The summed E-state index contributed by atoms with van der Waals surface area (Å²) in [7, 11) is -2.22. The summed E-state index contributed by atoms with van der Waals surface area (Å²) in [6, 6.07) is 11.1. The molecular formula is C18H19N5O4S2. The van der Waals surface area contributed by atoms with E-state index in [1.807, 2.05) is 6.92 Å². The monoisotopic (exact) mass is 433 g/mol. The summed E-state index contributed by atoms with van der Waals surface area (Å²) in [6.45, 7) is 2.33. The lowest BCUT2D eigenvalue weighted by Gasteiger charge is -2.16. The predicted octanol–water partition coefficient (Wildman–Crippen LogP) is 1.40. The highest BCUT2D eigenvalue weighted by molar-refractivity contribution is 7.89. The Kier molecular flexibility index (Phi) is 5.82. The van der Waals surface area contributed by atoms with Crippen LogP contribution in [0.4, 0.5) is 11.4 Å². The van der Waals surface area contributed by atoms with Crippen LogP contribution in [-0.2, 0) is 14.8 Å². The van der Waals surface area contributed by atoms with Crippen LogP contribution in [0.5, 0.6) is 5.75 Å². The molecule has 1 amide bonds. The first kappa shape index (κ1) is 20.7. The molecule has 2 aromatic rings. The maximum Gasteiger partial charge on any atom is 0.279 e. The lowest BCUT2D eigenvalue weighted by Crippen LogP contribution is -2.32. The van der Waals surface area contributed by atoms with Crippen molar-refractivity contribution in [2.75, 3.05) is 23.9 Å². The molecule has 4 N–H and O–H groups in total. The molecule has 0 saturated carbocycles. The third-order valence-corrected chi connectivity index (χ3v) is 5.34. The van der Waals surface area contributed by atoms with E-state index in [4.69, 9.17) is 22.1 Å². The Hall–Kier alpha value is -3.02. The van der Waals surface area contributed by atoms with E-state index < -0.39 is 10.0 Å². The molecule has 29 heavy (non-hydrogen) atoms. The van der Waals surface area contributed by atoms with Gasteiger partial charge in [0, 0.05) is 17.8 Å². The van der Waals surface area contributed by atoms with E-state index in [0.29, 0.717) is 29.2 Å². The highest BCUT2D eigenvalue weighted by Crippen LogP contribution is 2.37. The number of thiocarbonyl (C=S) groups is 1. The van der Waals surface area contributed by atoms with E-state index in [-0.39, 0.29) is 21.6 Å². The molecule has 0 atom stereocenters. The maximum absolute atomic E-state index is 12.7. The molecule has 0 unspecified atom stereocenters. The molecule has 9 nitrogen and oxygen atoms in total. The smallest absolute Gasteiger partial charge is 0.279 e. The van der Waals surface area contributed by atoms with Crippen LogP contribution in [0.15, 0.2) is 52.5 Å². The molecule has 1 heterocycles. The zero-order valence-electron chi connectivity index (χ0n) is 15.7. The molecule has 0 bridgehead atoms. The summed E-state index contributed by atoms with van der Waals surface area (Å²) in [5, 5.41) is 12.2. The molecule has 1 aliphatic heterocycles. The van der Waals surface area contributed by atoms with Crippen molar-refractivity contribution in [2.45, 2.75) is 11.8 Å². The lowest BCUT2D eigenvalue weighted by molar-refractivity contribution is -0.112. The Bertz CT molecular complexity index is 1100. The zero-order valence-corrected chi connectivity index (χ0v) is 17.3. The second-order valence-corrected chi connectivity index (χ2v) is 7.97. The van der Waals surface area contributed by atoms with E-state index >= 15 is 0 Å². The van der Waals surface area contributed by atoms with Crippen molar-refractivity contribution in [3.8, 4) is 5.75 Å². The third kappa shape index (κ3) is 4.21. The van der Waals surface area contributed by atoms with Crippen LogP contribution >= 0.6 is 12.2 Å². The van der Waals surface area contributed by atoms with Gasteiger partial charge in [0.1, 0.15) is 5.75 Å². The van der Waals surface area contributed by atoms with Crippen LogP contribution in [0, 0.1) is 0 Å². The molecule has 3 rings (SSSR count). The first-order valence-corrected chi connectivity index (χ1v) is 10.5. The van der Waals surface area contributed by atoms with Gasteiger partial charge in [0.25, 0.3) is 5.91 Å². The number of carbonyl (C=O) groups is 1. The lowest BCUT2D eigenvalue weighted by atomic mass is 10.1. The highest BCUT2D eigenvalue weighted by atomic mass is 32.2. The number of nitrogens with zero attached hydrogens (tertiary/aromatic N) is 2. The van der Waals surface area contributed by atoms with E-state index in [0.717, 1.165) is 0 Å². The number of likely N-dealkylation sites (N-methyl/N-ethyl adjacent to an activating group) is 1. The number of primary sulfonamides is 1. The fourth-order valence-electron chi connectivity index (χ4n) is 2.90. The number of rotatable bonds is 5. The highest BCUT2D eigenvalue weighted by Gasteiger charge is 2.35. The molecule has 0 radical (unpaired) electrons. The number of carbonyl (C=O) groups excluding carboxylic acids is 1. The van der Waals surface area contributed by atoms with Gasteiger partial charge in [-0.3, -0.25) is 10.2 Å². The third-order valence-electron chi connectivity index (χ3n) is 4.22. The van der Waals surface area contributed by atoms with E-state index in [9.17, 15) is 13.2 Å². The van der Waals surface area contributed by atoms with Crippen LogP contribution in [0.3, 0.4) is 0 Å². The molecule has 1 aliphatic rings. The Morgan fingerprint density at radius 1 is 1.24 bits per heavy atom. The first-order chi connectivity index (χ1) is 13.8. The Morgan fingerprint density at radius 3 is 2.52 bits per heavy atom. The average Bonchev–Trinajstić information content (AvgIpc) is 2.96. The Balaban J connectivity index is 1.78. The minimum atomic E-state index is -3.77. The van der Waals surface area contributed by atoms with E-state index in [1.54, 1.807) is 30.2 Å². The zero-order chi connectivity index (χ0) is 21.2. The number of anilines is 2. The van der Waals surface area contributed by atoms with Gasteiger partial charge < -0.3 is 15.0 Å². The van der Waals surface area contributed by atoms with Gasteiger partial charge in [0.2, 0.25) is 10.0 Å². The summed E-state index contributed by atoms with van der Waals surface area (Å²) in [4.78, 5) is 14.3. The number of para-hydroxylation sites is 1. The van der Waals surface area contributed by atoms with Crippen molar-refractivity contribution in [1.82, 2.24) is 5.43 Å². The summed E-state index contributed by atoms with van der Waals surface area (Å²) in [5.74, 6) is 0.318. The van der Waals surface area contributed by atoms with E-state index in [1.165, 1.54) is 24.3 Å². The van der Waals surface area contributed by atoms with Gasteiger partial charge in [0.15, 0.2) is 10.8 Å². The molecule has 11 heteroatoms. The fraction of sp³-hybridized carbons (Fsp3) is 0.167. The minimum Gasteiger partial charge on any atom is -0.495 e. The van der Waals surface area contributed by atoms with Crippen molar-refractivity contribution < 1.29 is 17.9 Å². The summed E-state index contributed by atoms with van der Waals surface area (Å²) in [6.07, 6.45) is 0. The molecule has 0 fully saturated rings. The van der Waals surface area contributed by atoms with Crippen LogP contribution in [0.2, 0.25) is 0 Å². The molecular weight excluding hydrogens is 414 g/mol. The largest absolute Gasteiger partial charge is 0.495 e. The normalized spacial score (nSPS) is 14.7. The van der Waals surface area contributed by atoms with Gasteiger partial charge in [-0.05, 0) is 49.5 Å². The van der Waals surface area contributed by atoms with Crippen LogP contribution < -0.4 is 25.5 Å². The summed E-state index contributed by atoms with van der Waals surface area (Å²) >= 11 is 5.20. The second-order valence-electron chi connectivity index (χ2n) is 6.00.